The van der Waals surface area contributed by atoms with Gasteiger partial charge < -0.3 is 10.8 Å². The summed E-state index contributed by atoms with van der Waals surface area (Å²) in [5, 5.41) is 14.3. The van der Waals surface area contributed by atoms with E-state index in [1.54, 1.807) is 23.0 Å². The highest BCUT2D eigenvalue weighted by atomic mass is 16.4. The third kappa shape index (κ3) is 1.81. The topological polar surface area (TPSA) is 81.1 Å². The number of para-hydroxylation sites is 1. The van der Waals surface area contributed by atoms with E-state index in [1.807, 2.05) is 24.3 Å². The fourth-order valence-electron chi connectivity index (χ4n) is 2.05. The van der Waals surface area contributed by atoms with Crippen LogP contribution in [0.3, 0.4) is 0 Å². The van der Waals surface area contributed by atoms with Gasteiger partial charge in [0, 0.05) is 11.1 Å². The first kappa shape index (κ1) is 11.3. The molecule has 0 unspecified atom stereocenters. The van der Waals surface area contributed by atoms with E-state index in [0.717, 1.165) is 16.6 Å². The van der Waals surface area contributed by atoms with Crippen molar-refractivity contribution in [1.82, 2.24) is 9.78 Å². The van der Waals surface area contributed by atoms with Gasteiger partial charge in [0.05, 0.1) is 23.0 Å². The summed E-state index contributed by atoms with van der Waals surface area (Å²) in [7, 11) is 0. The maximum Gasteiger partial charge on any atom is 0.337 e. The zero-order chi connectivity index (χ0) is 13.4. The van der Waals surface area contributed by atoms with E-state index >= 15 is 0 Å². The number of anilines is 1. The van der Waals surface area contributed by atoms with Gasteiger partial charge >= 0.3 is 5.97 Å². The molecule has 0 fully saturated rings. The molecule has 3 rings (SSSR count). The van der Waals surface area contributed by atoms with E-state index in [1.165, 1.54) is 6.07 Å². The lowest BCUT2D eigenvalue weighted by molar-refractivity contribution is 0.0698. The molecule has 0 aliphatic heterocycles. The number of rotatable bonds is 2. The fraction of sp³-hybridized carbons (Fsp3) is 0. The molecule has 0 aliphatic rings. The van der Waals surface area contributed by atoms with Crippen molar-refractivity contribution in [2.24, 2.45) is 0 Å². The lowest BCUT2D eigenvalue weighted by Crippen LogP contribution is -2.04. The first-order chi connectivity index (χ1) is 9.16. The summed E-state index contributed by atoms with van der Waals surface area (Å²) in [5.41, 5.74) is 7.76. The van der Waals surface area contributed by atoms with Gasteiger partial charge in [-0.2, -0.15) is 5.10 Å². The maximum atomic E-state index is 10.9. The van der Waals surface area contributed by atoms with E-state index in [4.69, 9.17) is 10.8 Å². The number of aromatic carboxylic acids is 1. The van der Waals surface area contributed by atoms with Gasteiger partial charge in [-0.05, 0) is 24.3 Å². The molecule has 0 amide bonds. The second-order valence-electron chi connectivity index (χ2n) is 4.19. The molecule has 5 nitrogen and oxygen atoms in total. The number of benzene rings is 2. The van der Waals surface area contributed by atoms with Crippen molar-refractivity contribution in [3.8, 4) is 5.69 Å². The van der Waals surface area contributed by atoms with Crippen LogP contribution < -0.4 is 5.73 Å². The number of hydrogen-bond donors (Lipinski definition) is 2. The number of nitrogens with two attached hydrogens (primary N) is 1. The number of carbonyl (C=O) groups is 1. The van der Waals surface area contributed by atoms with Crippen LogP contribution in [-0.4, -0.2) is 20.9 Å². The lowest BCUT2D eigenvalue weighted by Gasteiger charge is -2.06. The largest absolute Gasteiger partial charge is 0.478 e. The van der Waals surface area contributed by atoms with E-state index in [-0.39, 0.29) is 11.3 Å². The van der Waals surface area contributed by atoms with Crippen LogP contribution in [0.15, 0.2) is 48.7 Å². The van der Waals surface area contributed by atoms with Gasteiger partial charge in [0.25, 0.3) is 0 Å². The molecule has 1 heterocycles. The monoisotopic (exact) mass is 253 g/mol. The van der Waals surface area contributed by atoms with Crippen LogP contribution in [0.2, 0.25) is 0 Å². The first-order valence-corrected chi connectivity index (χ1v) is 5.73. The Hall–Kier alpha value is -2.82. The summed E-state index contributed by atoms with van der Waals surface area (Å²) in [6.07, 6.45) is 1.76. The normalized spacial score (nSPS) is 10.7. The molecule has 3 N–H and O–H groups in total. The molecule has 0 radical (unpaired) electrons. The molecule has 5 heteroatoms. The highest BCUT2D eigenvalue weighted by Gasteiger charge is 2.10. The molecule has 0 aliphatic carbocycles. The summed E-state index contributed by atoms with van der Waals surface area (Å²) in [4.78, 5) is 10.9. The van der Waals surface area contributed by atoms with Gasteiger partial charge in [0.1, 0.15) is 0 Å². The summed E-state index contributed by atoms with van der Waals surface area (Å²) in [6, 6.07) is 12.6. The molecule has 0 saturated carbocycles. The number of fused-ring (bicyclic) bond motifs is 1. The minimum absolute atomic E-state index is 0.0974. The maximum absolute atomic E-state index is 10.9. The quantitative estimate of drug-likeness (QED) is 0.687. The average molecular weight is 253 g/mol. The van der Waals surface area contributed by atoms with Crippen LogP contribution in [0.5, 0.6) is 0 Å². The van der Waals surface area contributed by atoms with E-state index in [9.17, 15) is 4.79 Å². The van der Waals surface area contributed by atoms with Crippen LogP contribution in [-0.2, 0) is 0 Å². The summed E-state index contributed by atoms with van der Waals surface area (Å²) in [5.74, 6) is -1.03. The average Bonchev–Trinajstić information content (AvgIpc) is 2.82. The van der Waals surface area contributed by atoms with Gasteiger partial charge in [-0.3, -0.25) is 0 Å². The Balaban J connectivity index is 2.17. The van der Waals surface area contributed by atoms with Gasteiger partial charge in [-0.1, -0.05) is 18.2 Å². The minimum atomic E-state index is -1.03. The Labute approximate surface area is 108 Å². The van der Waals surface area contributed by atoms with E-state index in [0.29, 0.717) is 0 Å². The van der Waals surface area contributed by atoms with Crippen molar-refractivity contribution in [3.05, 3.63) is 54.2 Å². The predicted molar refractivity (Wildman–Crippen MR) is 72.4 cm³/mol. The highest BCUT2D eigenvalue weighted by molar-refractivity contribution is 5.94. The second kappa shape index (κ2) is 4.13. The molecule has 3 aromatic rings. The molecular weight excluding hydrogens is 242 g/mol. The molecule has 0 saturated heterocycles. The van der Waals surface area contributed by atoms with Crippen molar-refractivity contribution in [1.29, 1.82) is 0 Å². The summed E-state index contributed by atoms with van der Waals surface area (Å²) < 4.78 is 1.73. The van der Waals surface area contributed by atoms with Gasteiger partial charge in [-0.15, -0.1) is 0 Å². The zero-order valence-electron chi connectivity index (χ0n) is 9.95. The molecule has 94 valence electrons. The van der Waals surface area contributed by atoms with Gasteiger partial charge in [-0.25, -0.2) is 9.48 Å². The number of carboxylic acid groups (broad SMARTS) is 1. The Kier molecular flexibility index (Phi) is 2.45. The second-order valence-corrected chi connectivity index (χ2v) is 4.19. The van der Waals surface area contributed by atoms with Crippen molar-refractivity contribution in [2.45, 2.75) is 0 Å². The van der Waals surface area contributed by atoms with Crippen LogP contribution >= 0.6 is 0 Å². The Bertz CT molecular complexity index is 777. The standard InChI is InChI=1S/C14H11N3O2/c15-12-7-10(5-6-11(12)14(18)19)17-13-4-2-1-3-9(13)8-16-17/h1-8H,15H2,(H,18,19). The number of hydrogen-bond acceptors (Lipinski definition) is 3. The number of nitrogen functional groups attached to an aromatic ring is 1. The SMILES string of the molecule is Nc1cc(-n2ncc3ccccc32)ccc1C(=O)O. The zero-order valence-corrected chi connectivity index (χ0v) is 9.95. The molecule has 0 spiro atoms. The van der Waals surface area contributed by atoms with Crippen molar-refractivity contribution in [2.75, 3.05) is 5.73 Å². The van der Waals surface area contributed by atoms with Crippen LogP contribution in [0.1, 0.15) is 10.4 Å². The van der Waals surface area contributed by atoms with Crippen LogP contribution in [0.25, 0.3) is 16.6 Å². The first-order valence-electron chi connectivity index (χ1n) is 5.73. The molecule has 19 heavy (non-hydrogen) atoms. The van der Waals surface area contributed by atoms with Crippen molar-refractivity contribution >= 4 is 22.6 Å². The van der Waals surface area contributed by atoms with E-state index in [2.05, 4.69) is 5.10 Å². The summed E-state index contributed by atoms with van der Waals surface area (Å²) in [6.45, 7) is 0. The molecule has 0 bridgehead atoms. The molecule has 2 aromatic carbocycles. The Morgan fingerprint density at radius 1 is 1.21 bits per heavy atom. The predicted octanol–water partition coefficient (Wildman–Crippen LogP) is 2.31. The van der Waals surface area contributed by atoms with Gasteiger partial charge in [0.15, 0.2) is 0 Å². The summed E-state index contributed by atoms with van der Waals surface area (Å²) >= 11 is 0. The van der Waals surface area contributed by atoms with Crippen LogP contribution in [0.4, 0.5) is 5.69 Å². The number of aromatic nitrogens is 2. The molecule has 1 aromatic heterocycles. The fourth-order valence-corrected chi connectivity index (χ4v) is 2.05. The highest BCUT2D eigenvalue weighted by Crippen LogP contribution is 2.21. The van der Waals surface area contributed by atoms with Crippen molar-refractivity contribution in [3.63, 3.8) is 0 Å². The van der Waals surface area contributed by atoms with E-state index < -0.39 is 5.97 Å². The smallest absolute Gasteiger partial charge is 0.337 e. The van der Waals surface area contributed by atoms with Crippen molar-refractivity contribution < 1.29 is 9.90 Å². The van der Waals surface area contributed by atoms with Gasteiger partial charge in [0.2, 0.25) is 0 Å². The third-order valence-electron chi connectivity index (χ3n) is 2.99. The number of carboxylic acids is 1. The van der Waals surface area contributed by atoms with Crippen LogP contribution in [0, 0.1) is 0 Å². The lowest BCUT2D eigenvalue weighted by atomic mass is 10.1. The minimum Gasteiger partial charge on any atom is -0.478 e. The molecule has 0 atom stereocenters. The third-order valence-corrected chi connectivity index (χ3v) is 2.99. The number of nitrogens with zero attached hydrogens (tertiary/aromatic N) is 2. The Morgan fingerprint density at radius 3 is 2.74 bits per heavy atom. The molecular formula is C14H11N3O2. The Morgan fingerprint density at radius 2 is 2.00 bits per heavy atom.